The van der Waals surface area contributed by atoms with Gasteiger partial charge in [-0.25, -0.2) is 0 Å². The van der Waals surface area contributed by atoms with Crippen LogP contribution in [-0.2, 0) is 13.0 Å². The van der Waals surface area contributed by atoms with Crippen LogP contribution in [0.15, 0.2) is 109 Å². The number of fused-ring (bicyclic) bond motifs is 2. The molecule has 0 saturated carbocycles. The van der Waals surface area contributed by atoms with Gasteiger partial charge in [0.2, 0.25) is 5.91 Å². The number of rotatable bonds is 7. The third kappa shape index (κ3) is 5.57. The van der Waals surface area contributed by atoms with Gasteiger partial charge >= 0.3 is 0 Å². The Balaban J connectivity index is 1.15. The van der Waals surface area contributed by atoms with Crippen LogP contribution in [0.1, 0.15) is 56.8 Å². The van der Waals surface area contributed by atoms with Gasteiger partial charge in [0.15, 0.2) is 0 Å². The molecule has 0 spiro atoms. The summed E-state index contributed by atoms with van der Waals surface area (Å²) in [6.07, 6.45) is 1.99. The third-order valence-corrected chi connectivity index (χ3v) is 8.01. The number of benzene rings is 5. The number of nitrogens with two attached hydrogens (primary N) is 1. The first-order valence-electron chi connectivity index (χ1n) is 14.1. The molecule has 3 N–H and O–H groups in total. The van der Waals surface area contributed by atoms with Crippen molar-refractivity contribution in [3.63, 3.8) is 0 Å². The first kappa shape index (κ1) is 26.3. The van der Waals surface area contributed by atoms with E-state index in [1.54, 1.807) is 6.07 Å². The Morgan fingerprint density at radius 1 is 0.854 bits per heavy atom. The maximum absolute atomic E-state index is 13.2. The Bertz CT molecular complexity index is 1740. The predicted molar refractivity (Wildman–Crippen MR) is 166 cm³/mol. The summed E-state index contributed by atoms with van der Waals surface area (Å²) in [5, 5.41) is 5.55. The molecule has 1 heterocycles. The lowest BCUT2D eigenvalue weighted by Gasteiger charge is -2.32. The Morgan fingerprint density at radius 2 is 1.61 bits per heavy atom. The van der Waals surface area contributed by atoms with Crippen molar-refractivity contribution < 1.29 is 9.59 Å². The first-order valence-corrected chi connectivity index (χ1v) is 14.1. The molecule has 5 nitrogen and oxygen atoms in total. The fourth-order valence-electron chi connectivity index (χ4n) is 5.78. The van der Waals surface area contributed by atoms with Crippen molar-refractivity contribution in [3.8, 4) is 11.1 Å². The minimum Gasteiger partial charge on any atom is -0.367 e. The van der Waals surface area contributed by atoms with Crippen LogP contribution >= 0.6 is 0 Å². The Kier molecular flexibility index (Phi) is 7.26. The minimum absolute atomic E-state index is 0.0580. The van der Waals surface area contributed by atoms with E-state index in [1.165, 1.54) is 27.6 Å². The number of carbonyl (C=O) groups is 2. The van der Waals surface area contributed by atoms with Gasteiger partial charge in [0.1, 0.15) is 0 Å². The van der Waals surface area contributed by atoms with E-state index in [9.17, 15) is 9.59 Å². The Labute approximate surface area is 240 Å². The number of hydrogen-bond donors (Lipinski definition) is 2. The molecule has 6 rings (SSSR count). The van der Waals surface area contributed by atoms with Gasteiger partial charge in [0.25, 0.3) is 5.91 Å². The molecular weight excluding hydrogens is 506 g/mol. The summed E-state index contributed by atoms with van der Waals surface area (Å²) < 4.78 is 0. The normalized spacial score (nSPS) is 13.4. The van der Waals surface area contributed by atoms with Crippen LogP contribution < -0.4 is 16.0 Å². The highest BCUT2D eigenvalue weighted by molar-refractivity contribution is 5.99. The van der Waals surface area contributed by atoms with E-state index >= 15 is 0 Å². The molecule has 5 aromatic rings. The topological polar surface area (TPSA) is 75.4 Å². The quantitative estimate of drug-likeness (QED) is 0.233. The molecule has 1 atom stereocenters. The molecule has 0 fully saturated rings. The lowest BCUT2D eigenvalue weighted by molar-refractivity contribution is 0.0938. The van der Waals surface area contributed by atoms with Crippen LogP contribution in [0.5, 0.6) is 0 Å². The summed E-state index contributed by atoms with van der Waals surface area (Å²) in [6.45, 7) is 3.76. The van der Waals surface area contributed by atoms with Gasteiger partial charge in [-0.3, -0.25) is 9.59 Å². The fraction of sp³-hybridized carbons (Fsp3) is 0.167. The van der Waals surface area contributed by atoms with E-state index in [0.29, 0.717) is 11.1 Å². The summed E-state index contributed by atoms with van der Waals surface area (Å²) in [6, 6.07) is 36.3. The number of carbonyl (C=O) groups excluding carboxylic acids is 2. The predicted octanol–water partition coefficient (Wildman–Crippen LogP) is 7.05. The van der Waals surface area contributed by atoms with Crippen molar-refractivity contribution >= 4 is 28.3 Å². The number of nitrogens with one attached hydrogen (secondary N) is 1. The molecule has 5 aromatic carbocycles. The van der Waals surface area contributed by atoms with Crippen LogP contribution in [0.2, 0.25) is 0 Å². The van der Waals surface area contributed by atoms with Crippen LogP contribution in [0.3, 0.4) is 0 Å². The van der Waals surface area contributed by atoms with Gasteiger partial charge in [-0.1, -0.05) is 78.9 Å². The van der Waals surface area contributed by atoms with E-state index in [0.717, 1.165) is 42.6 Å². The molecule has 1 aliphatic heterocycles. The molecule has 5 heteroatoms. The van der Waals surface area contributed by atoms with Crippen molar-refractivity contribution in [2.24, 2.45) is 5.73 Å². The van der Waals surface area contributed by atoms with Gasteiger partial charge in [-0.05, 0) is 88.7 Å². The molecule has 0 radical (unpaired) electrons. The Hall–Kier alpha value is -4.90. The number of amides is 2. The lowest BCUT2D eigenvalue weighted by atomic mass is 9.96. The molecule has 2 amide bonds. The van der Waals surface area contributed by atoms with Gasteiger partial charge in [0.05, 0.1) is 6.04 Å². The van der Waals surface area contributed by atoms with Gasteiger partial charge in [0, 0.05) is 29.9 Å². The zero-order valence-corrected chi connectivity index (χ0v) is 23.1. The maximum Gasteiger partial charge on any atom is 0.251 e. The van der Waals surface area contributed by atoms with Crippen LogP contribution in [-0.4, -0.2) is 18.4 Å². The van der Waals surface area contributed by atoms with Crippen LogP contribution in [0, 0.1) is 0 Å². The minimum atomic E-state index is -0.425. The SMILES string of the molecule is C[C@H](NC(=O)c1ccc2c(c1)CCCN2Cc1ccc(-c2ccccc2C(N)=O)cc1)c1ccc2ccccc2c1. The highest BCUT2D eigenvalue weighted by Crippen LogP contribution is 2.31. The smallest absolute Gasteiger partial charge is 0.251 e. The number of aryl methyl sites for hydroxylation is 1. The van der Waals surface area contributed by atoms with E-state index < -0.39 is 5.91 Å². The summed E-state index contributed by atoms with van der Waals surface area (Å²) >= 11 is 0. The lowest BCUT2D eigenvalue weighted by Crippen LogP contribution is -2.30. The highest BCUT2D eigenvalue weighted by atomic mass is 16.2. The molecule has 204 valence electrons. The zero-order chi connectivity index (χ0) is 28.3. The summed E-state index contributed by atoms with van der Waals surface area (Å²) in [5.74, 6) is -0.483. The number of anilines is 1. The van der Waals surface area contributed by atoms with E-state index in [1.807, 2.05) is 61.5 Å². The fourth-order valence-corrected chi connectivity index (χ4v) is 5.78. The van der Waals surface area contributed by atoms with Crippen molar-refractivity contribution in [1.82, 2.24) is 5.32 Å². The van der Waals surface area contributed by atoms with Crippen LogP contribution in [0.25, 0.3) is 21.9 Å². The summed E-state index contributed by atoms with van der Waals surface area (Å²) in [5.41, 5.74) is 13.3. The van der Waals surface area contributed by atoms with Crippen molar-refractivity contribution in [3.05, 3.63) is 137 Å². The first-order chi connectivity index (χ1) is 20.0. The monoisotopic (exact) mass is 539 g/mol. The average molecular weight is 540 g/mol. The molecule has 41 heavy (non-hydrogen) atoms. The summed E-state index contributed by atoms with van der Waals surface area (Å²) in [4.78, 5) is 27.4. The van der Waals surface area contributed by atoms with Gasteiger partial charge in [-0.15, -0.1) is 0 Å². The molecule has 0 saturated heterocycles. The van der Waals surface area contributed by atoms with Crippen molar-refractivity contribution in [2.45, 2.75) is 32.4 Å². The van der Waals surface area contributed by atoms with Gasteiger partial charge in [-0.2, -0.15) is 0 Å². The maximum atomic E-state index is 13.2. The molecule has 1 aliphatic rings. The average Bonchev–Trinajstić information content (AvgIpc) is 3.01. The second kappa shape index (κ2) is 11.3. The number of nitrogens with zero attached hydrogens (tertiary/aromatic N) is 1. The van der Waals surface area contributed by atoms with E-state index in [4.69, 9.17) is 5.73 Å². The standard InChI is InChI=1S/C36H33N3O2/c1-24(28-17-16-26-7-2-3-8-29(26)21-28)38-36(41)31-18-19-34-30(22-31)9-6-20-39(34)23-25-12-14-27(15-13-25)32-10-4-5-11-33(32)35(37)40/h2-5,7-8,10-19,21-22,24H,6,9,20,23H2,1H3,(H2,37,40)(H,38,41)/t24-/m0/s1. The summed E-state index contributed by atoms with van der Waals surface area (Å²) in [7, 11) is 0. The van der Waals surface area contributed by atoms with Crippen molar-refractivity contribution in [1.29, 1.82) is 0 Å². The van der Waals surface area contributed by atoms with E-state index in [2.05, 4.69) is 58.7 Å². The third-order valence-electron chi connectivity index (χ3n) is 8.01. The second-order valence-electron chi connectivity index (χ2n) is 10.8. The molecule has 0 unspecified atom stereocenters. The molecular formula is C36H33N3O2. The second-order valence-corrected chi connectivity index (χ2v) is 10.8. The number of primary amides is 1. The molecule has 0 aliphatic carbocycles. The largest absolute Gasteiger partial charge is 0.367 e. The zero-order valence-electron chi connectivity index (χ0n) is 23.1. The number of hydrogen-bond acceptors (Lipinski definition) is 3. The van der Waals surface area contributed by atoms with Gasteiger partial charge < -0.3 is 16.0 Å². The Morgan fingerprint density at radius 3 is 2.41 bits per heavy atom. The molecule has 0 bridgehead atoms. The van der Waals surface area contributed by atoms with E-state index in [-0.39, 0.29) is 11.9 Å². The van der Waals surface area contributed by atoms with Crippen LogP contribution in [0.4, 0.5) is 5.69 Å². The van der Waals surface area contributed by atoms with Crippen molar-refractivity contribution in [2.75, 3.05) is 11.4 Å². The molecule has 0 aromatic heterocycles. The highest BCUT2D eigenvalue weighted by Gasteiger charge is 2.20.